The van der Waals surface area contributed by atoms with Gasteiger partial charge in [-0.1, -0.05) is 0 Å². The number of nitro groups is 1. The van der Waals surface area contributed by atoms with Crippen molar-refractivity contribution in [2.45, 2.75) is 19.5 Å². The molecule has 3 heterocycles. The van der Waals surface area contributed by atoms with Crippen LogP contribution >= 0.6 is 11.3 Å². The summed E-state index contributed by atoms with van der Waals surface area (Å²) in [7, 11) is 0. The van der Waals surface area contributed by atoms with Crippen LogP contribution < -0.4 is 4.90 Å². The normalized spacial score (nSPS) is 15.4. The first-order valence-electron chi connectivity index (χ1n) is 8.49. The van der Waals surface area contributed by atoms with Crippen molar-refractivity contribution in [3.63, 3.8) is 0 Å². The van der Waals surface area contributed by atoms with E-state index in [0.717, 1.165) is 23.6 Å². The van der Waals surface area contributed by atoms with Crippen LogP contribution in [0.2, 0.25) is 0 Å². The summed E-state index contributed by atoms with van der Waals surface area (Å²) in [4.78, 5) is 31.3. The third-order valence-electron chi connectivity index (χ3n) is 4.48. The van der Waals surface area contributed by atoms with Crippen LogP contribution in [0.5, 0.6) is 0 Å². The Morgan fingerprint density at radius 2 is 2.00 bits per heavy atom. The Morgan fingerprint density at radius 3 is 2.57 bits per heavy atom. The standard InChI is InChI=1S/C17H17F3N4O3S/c1-11-13(24(26)27)9-14(28-11)16(25)23-6-2-5-22(7-8-23)15-4-3-12(10-21-15)17(18,19)20/h3-4,9-10H,2,5-8H2,1H3. The number of hydrogen-bond donors (Lipinski definition) is 0. The number of nitrogens with zero attached hydrogens (tertiary/aromatic N) is 4. The highest BCUT2D eigenvalue weighted by atomic mass is 32.1. The Bertz CT molecular complexity index is 883. The smallest absolute Gasteiger partial charge is 0.355 e. The number of pyridine rings is 1. The van der Waals surface area contributed by atoms with Gasteiger partial charge in [0.05, 0.1) is 20.2 Å². The lowest BCUT2D eigenvalue weighted by Crippen LogP contribution is -2.35. The Balaban J connectivity index is 1.68. The summed E-state index contributed by atoms with van der Waals surface area (Å²) in [5.74, 6) is 0.147. The molecule has 1 saturated heterocycles. The second kappa shape index (κ2) is 7.74. The maximum atomic E-state index is 12.7. The van der Waals surface area contributed by atoms with Gasteiger partial charge in [0.25, 0.3) is 11.6 Å². The van der Waals surface area contributed by atoms with Crippen molar-refractivity contribution in [1.29, 1.82) is 0 Å². The van der Waals surface area contributed by atoms with E-state index in [0.29, 0.717) is 48.2 Å². The van der Waals surface area contributed by atoms with Crippen molar-refractivity contribution < 1.29 is 22.9 Å². The van der Waals surface area contributed by atoms with Gasteiger partial charge in [-0.25, -0.2) is 4.98 Å². The molecule has 0 N–H and O–H groups in total. The molecule has 28 heavy (non-hydrogen) atoms. The van der Waals surface area contributed by atoms with Gasteiger partial charge in [-0.05, 0) is 25.5 Å². The van der Waals surface area contributed by atoms with Gasteiger partial charge in [0.15, 0.2) is 0 Å². The third kappa shape index (κ3) is 4.24. The van der Waals surface area contributed by atoms with Crippen molar-refractivity contribution >= 4 is 28.7 Å². The molecule has 1 amide bonds. The summed E-state index contributed by atoms with van der Waals surface area (Å²) in [5, 5.41) is 11.0. The molecule has 1 aliphatic rings. The van der Waals surface area contributed by atoms with E-state index in [1.165, 1.54) is 12.1 Å². The molecule has 0 atom stereocenters. The van der Waals surface area contributed by atoms with Crippen LogP contribution in [0.15, 0.2) is 24.4 Å². The zero-order valence-corrected chi connectivity index (χ0v) is 15.7. The minimum absolute atomic E-state index is 0.0706. The first kappa shape index (κ1) is 20.1. The summed E-state index contributed by atoms with van der Waals surface area (Å²) in [6.45, 7) is 3.37. The lowest BCUT2D eigenvalue weighted by molar-refractivity contribution is -0.385. The lowest BCUT2D eigenvalue weighted by atomic mass is 10.2. The first-order valence-corrected chi connectivity index (χ1v) is 9.31. The van der Waals surface area contributed by atoms with Crippen molar-refractivity contribution in [2.75, 3.05) is 31.1 Å². The van der Waals surface area contributed by atoms with Crippen LogP contribution in [0.1, 0.15) is 26.5 Å². The van der Waals surface area contributed by atoms with Crippen LogP contribution in [-0.2, 0) is 6.18 Å². The van der Waals surface area contributed by atoms with Gasteiger partial charge < -0.3 is 9.80 Å². The monoisotopic (exact) mass is 414 g/mol. The van der Waals surface area contributed by atoms with Gasteiger partial charge in [-0.3, -0.25) is 14.9 Å². The van der Waals surface area contributed by atoms with Crippen LogP contribution in [0, 0.1) is 17.0 Å². The molecule has 0 aliphatic carbocycles. The number of amides is 1. The van der Waals surface area contributed by atoms with E-state index in [1.54, 1.807) is 11.8 Å². The third-order valence-corrected chi connectivity index (χ3v) is 5.51. The fourth-order valence-electron chi connectivity index (χ4n) is 3.01. The largest absolute Gasteiger partial charge is 0.417 e. The number of rotatable bonds is 3. The van der Waals surface area contributed by atoms with Gasteiger partial charge in [0.2, 0.25) is 0 Å². The predicted molar refractivity (Wildman–Crippen MR) is 97.7 cm³/mol. The first-order chi connectivity index (χ1) is 13.2. The SMILES string of the molecule is Cc1sc(C(=O)N2CCCN(c3ccc(C(F)(F)F)cn3)CC2)cc1[N+](=O)[O-]. The van der Waals surface area contributed by atoms with Crippen LogP contribution in [-0.4, -0.2) is 46.9 Å². The molecule has 0 radical (unpaired) electrons. The molecule has 2 aromatic heterocycles. The van der Waals surface area contributed by atoms with Gasteiger partial charge in [0.1, 0.15) is 5.82 Å². The van der Waals surface area contributed by atoms with E-state index in [4.69, 9.17) is 0 Å². The Labute approximate surface area is 162 Å². The number of aryl methyl sites for hydroxylation is 1. The van der Waals surface area contributed by atoms with Crippen LogP contribution in [0.3, 0.4) is 0 Å². The summed E-state index contributed by atoms with van der Waals surface area (Å²) < 4.78 is 38.0. The Hall–Kier alpha value is -2.69. The highest BCUT2D eigenvalue weighted by molar-refractivity contribution is 7.14. The van der Waals surface area contributed by atoms with Gasteiger partial charge >= 0.3 is 6.18 Å². The average Bonchev–Trinajstić information content (AvgIpc) is 2.87. The van der Waals surface area contributed by atoms with Crippen molar-refractivity contribution in [3.05, 3.63) is 49.8 Å². The van der Waals surface area contributed by atoms with E-state index in [2.05, 4.69) is 4.98 Å². The average molecular weight is 414 g/mol. The second-order valence-corrected chi connectivity index (χ2v) is 7.60. The topological polar surface area (TPSA) is 79.6 Å². The summed E-state index contributed by atoms with van der Waals surface area (Å²) >= 11 is 1.09. The molecule has 0 unspecified atom stereocenters. The molecule has 0 aromatic carbocycles. The Kier molecular flexibility index (Phi) is 5.54. The minimum Gasteiger partial charge on any atom is -0.355 e. The minimum atomic E-state index is -4.44. The molecule has 7 nitrogen and oxygen atoms in total. The maximum absolute atomic E-state index is 12.7. The molecular formula is C17H17F3N4O3S. The number of halogens is 3. The molecule has 0 spiro atoms. The number of hydrogen-bond acceptors (Lipinski definition) is 6. The zero-order chi connectivity index (χ0) is 20.5. The molecule has 1 aliphatic heterocycles. The van der Waals surface area contributed by atoms with Crippen LogP contribution in [0.4, 0.5) is 24.7 Å². The maximum Gasteiger partial charge on any atom is 0.417 e. The van der Waals surface area contributed by atoms with Gasteiger partial charge in [-0.2, -0.15) is 13.2 Å². The van der Waals surface area contributed by atoms with E-state index in [9.17, 15) is 28.1 Å². The molecule has 0 bridgehead atoms. The zero-order valence-electron chi connectivity index (χ0n) is 14.9. The summed E-state index contributed by atoms with van der Waals surface area (Å²) in [6.07, 6.45) is -3.02. The number of alkyl halides is 3. The number of anilines is 1. The fraction of sp³-hybridized carbons (Fsp3) is 0.412. The Morgan fingerprint density at radius 1 is 1.25 bits per heavy atom. The summed E-state index contributed by atoms with van der Waals surface area (Å²) in [6, 6.07) is 3.61. The van der Waals surface area contributed by atoms with E-state index in [1.807, 2.05) is 4.90 Å². The van der Waals surface area contributed by atoms with E-state index >= 15 is 0 Å². The number of carbonyl (C=O) groups excluding carboxylic acids is 1. The van der Waals surface area contributed by atoms with Crippen molar-refractivity contribution in [3.8, 4) is 0 Å². The highest BCUT2D eigenvalue weighted by Gasteiger charge is 2.31. The summed E-state index contributed by atoms with van der Waals surface area (Å²) in [5.41, 5.74) is -0.878. The number of thiophene rings is 1. The molecule has 2 aromatic rings. The molecule has 1 fully saturated rings. The fourth-order valence-corrected chi connectivity index (χ4v) is 3.96. The van der Waals surface area contributed by atoms with E-state index in [-0.39, 0.29) is 11.6 Å². The lowest BCUT2D eigenvalue weighted by Gasteiger charge is -2.22. The second-order valence-electron chi connectivity index (χ2n) is 6.34. The number of aromatic nitrogens is 1. The molecule has 150 valence electrons. The van der Waals surface area contributed by atoms with Crippen molar-refractivity contribution in [1.82, 2.24) is 9.88 Å². The molecule has 0 saturated carbocycles. The van der Waals surface area contributed by atoms with Crippen molar-refractivity contribution in [2.24, 2.45) is 0 Å². The van der Waals surface area contributed by atoms with Gasteiger partial charge in [-0.15, -0.1) is 11.3 Å². The predicted octanol–water partition coefficient (Wildman–Crippen LogP) is 3.73. The number of carbonyl (C=O) groups is 1. The van der Waals surface area contributed by atoms with E-state index < -0.39 is 16.7 Å². The quantitative estimate of drug-likeness (QED) is 0.565. The highest BCUT2D eigenvalue weighted by Crippen LogP contribution is 2.30. The molecular weight excluding hydrogens is 397 g/mol. The molecule has 3 rings (SSSR count). The molecule has 11 heteroatoms. The van der Waals surface area contributed by atoms with Gasteiger partial charge in [0, 0.05) is 38.4 Å². The van der Waals surface area contributed by atoms with Crippen LogP contribution in [0.25, 0.3) is 0 Å².